The Morgan fingerprint density at radius 3 is 2.94 bits per heavy atom. The van der Waals surface area contributed by atoms with Gasteiger partial charge in [0.15, 0.2) is 0 Å². The van der Waals surface area contributed by atoms with Crippen molar-refractivity contribution in [3.05, 3.63) is 29.6 Å². The number of carbonyl (C=O) groups is 1. The lowest BCUT2D eigenvalue weighted by Crippen LogP contribution is -2.34. The quantitative estimate of drug-likeness (QED) is 0.651. The first kappa shape index (κ1) is 13.1. The topological polar surface area (TPSA) is 106 Å². The summed E-state index contributed by atoms with van der Waals surface area (Å²) in [7, 11) is 0. The van der Waals surface area contributed by atoms with Crippen molar-refractivity contribution in [2.45, 2.75) is 19.1 Å². The number of nitriles is 1. The van der Waals surface area contributed by atoms with Gasteiger partial charge in [0.05, 0.1) is 0 Å². The molecule has 0 bridgehead atoms. The molecule has 0 fully saturated rings. The Hall–Kier alpha value is -1.97. The van der Waals surface area contributed by atoms with Gasteiger partial charge >= 0.3 is 0 Å². The van der Waals surface area contributed by atoms with Gasteiger partial charge in [-0.15, -0.1) is 0 Å². The standard InChI is InChI=1S/C11H13N3O3/c1-7(15)14-6-10(16)11(17)8-2-3-13-9(4-8)5-12/h2-4,10-11,16-17H,6H2,1H3,(H,14,15). The molecule has 2 unspecified atom stereocenters. The highest BCUT2D eigenvalue weighted by molar-refractivity contribution is 5.72. The first-order chi connectivity index (χ1) is 8.04. The van der Waals surface area contributed by atoms with Crippen LogP contribution in [0.15, 0.2) is 18.3 Å². The lowest BCUT2D eigenvalue weighted by molar-refractivity contribution is -0.119. The Kier molecular flexibility index (Phi) is 4.57. The molecule has 6 heteroatoms. The Labute approximate surface area is 98.5 Å². The minimum atomic E-state index is -1.17. The number of hydrogen-bond acceptors (Lipinski definition) is 5. The van der Waals surface area contributed by atoms with Gasteiger partial charge in [0.1, 0.15) is 24.0 Å². The number of amides is 1. The Balaban J connectivity index is 2.71. The van der Waals surface area contributed by atoms with E-state index in [0.717, 1.165) is 0 Å². The number of nitrogens with one attached hydrogen (secondary N) is 1. The zero-order valence-electron chi connectivity index (χ0n) is 9.29. The molecule has 0 saturated carbocycles. The van der Waals surface area contributed by atoms with Crippen molar-refractivity contribution in [3.8, 4) is 6.07 Å². The normalized spacial score (nSPS) is 13.5. The van der Waals surface area contributed by atoms with E-state index in [1.807, 2.05) is 6.07 Å². The van der Waals surface area contributed by atoms with Crippen molar-refractivity contribution < 1.29 is 15.0 Å². The summed E-state index contributed by atoms with van der Waals surface area (Å²) in [6.07, 6.45) is -0.924. The smallest absolute Gasteiger partial charge is 0.216 e. The SMILES string of the molecule is CC(=O)NCC(O)C(O)c1ccnc(C#N)c1. The van der Waals surface area contributed by atoms with E-state index in [2.05, 4.69) is 10.3 Å². The average molecular weight is 235 g/mol. The van der Waals surface area contributed by atoms with Crippen LogP contribution in [0.1, 0.15) is 24.3 Å². The summed E-state index contributed by atoms with van der Waals surface area (Å²) in [5.74, 6) is -0.288. The number of pyridine rings is 1. The zero-order valence-corrected chi connectivity index (χ0v) is 9.29. The average Bonchev–Trinajstić information content (AvgIpc) is 2.35. The molecule has 90 valence electrons. The van der Waals surface area contributed by atoms with E-state index in [0.29, 0.717) is 5.56 Å². The third-order valence-corrected chi connectivity index (χ3v) is 2.16. The fourth-order valence-electron chi connectivity index (χ4n) is 1.27. The van der Waals surface area contributed by atoms with E-state index >= 15 is 0 Å². The predicted octanol–water partition coefficient (Wildman–Crippen LogP) is -0.516. The summed E-state index contributed by atoms with van der Waals surface area (Å²) >= 11 is 0. The van der Waals surface area contributed by atoms with E-state index in [1.54, 1.807) is 0 Å². The van der Waals surface area contributed by atoms with Crippen LogP contribution in [-0.2, 0) is 4.79 Å². The molecule has 0 aromatic carbocycles. The molecular weight excluding hydrogens is 222 g/mol. The van der Waals surface area contributed by atoms with E-state index in [9.17, 15) is 15.0 Å². The molecule has 0 spiro atoms. The molecule has 0 radical (unpaired) electrons. The number of aromatic nitrogens is 1. The molecule has 6 nitrogen and oxygen atoms in total. The van der Waals surface area contributed by atoms with Crippen molar-refractivity contribution in [2.75, 3.05) is 6.54 Å². The van der Waals surface area contributed by atoms with Gasteiger partial charge in [0.25, 0.3) is 0 Å². The van der Waals surface area contributed by atoms with Gasteiger partial charge in [-0.2, -0.15) is 5.26 Å². The third-order valence-electron chi connectivity index (χ3n) is 2.16. The summed E-state index contributed by atoms with van der Waals surface area (Å²) in [6.45, 7) is 1.26. The Morgan fingerprint density at radius 1 is 1.65 bits per heavy atom. The van der Waals surface area contributed by atoms with Gasteiger partial charge < -0.3 is 15.5 Å². The number of aliphatic hydroxyl groups excluding tert-OH is 2. The number of rotatable bonds is 4. The van der Waals surface area contributed by atoms with Crippen LogP contribution in [-0.4, -0.2) is 33.8 Å². The summed E-state index contributed by atoms with van der Waals surface area (Å²) in [5, 5.41) is 30.4. The highest BCUT2D eigenvalue weighted by atomic mass is 16.3. The van der Waals surface area contributed by atoms with Gasteiger partial charge in [0, 0.05) is 19.7 Å². The van der Waals surface area contributed by atoms with E-state index in [-0.39, 0.29) is 18.1 Å². The summed E-state index contributed by atoms with van der Waals surface area (Å²) in [6, 6.07) is 4.73. The van der Waals surface area contributed by atoms with E-state index < -0.39 is 12.2 Å². The monoisotopic (exact) mass is 235 g/mol. The minimum absolute atomic E-state index is 0.0549. The second kappa shape index (κ2) is 5.94. The maximum absolute atomic E-state index is 10.7. The minimum Gasteiger partial charge on any atom is -0.388 e. The number of carbonyl (C=O) groups excluding carboxylic acids is 1. The molecule has 3 N–H and O–H groups in total. The van der Waals surface area contributed by atoms with Gasteiger partial charge in [-0.1, -0.05) is 0 Å². The predicted molar refractivity (Wildman–Crippen MR) is 58.6 cm³/mol. The highest BCUT2D eigenvalue weighted by Gasteiger charge is 2.18. The Bertz CT molecular complexity index is 442. The second-order valence-electron chi connectivity index (χ2n) is 3.54. The van der Waals surface area contributed by atoms with Crippen molar-refractivity contribution in [2.24, 2.45) is 0 Å². The van der Waals surface area contributed by atoms with E-state index in [1.165, 1.54) is 25.3 Å². The fraction of sp³-hybridized carbons (Fsp3) is 0.364. The van der Waals surface area contributed by atoms with Crippen LogP contribution >= 0.6 is 0 Å². The Morgan fingerprint density at radius 2 is 2.35 bits per heavy atom. The van der Waals surface area contributed by atoms with Crippen molar-refractivity contribution in [1.82, 2.24) is 10.3 Å². The lowest BCUT2D eigenvalue weighted by Gasteiger charge is -2.18. The second-order valence-corrected chi connectivity index (χ2v) is 3.54. The van der Waals surface area contributed by atoms with Crippen LogP contribution in [0.3, 0.4) is 0 Å². The molecule has 1 aromatic rings. The van der Waals surface area contributed by atoms with Crippen LogP contribution in [0, 0.1) is 11.3 Å². The first-order valence-corrected chi connectivity index (χ1v) is 5.01. The van der Waals surface area contributed by atoms with Crippen molar-refractivity contribution in [3.63, 3.8) is 0 Å². The molecule has 0 aliphatic heterocycles. The van der Waals surface area contributed by atoms with Gasteiger partial charge in [0.2, 0.25) is 5.91 Å². The van der Waals surface area contributed by atoms with Crippen LogP contribution in [0.4, 0.5) is 0 Å². The number of aliphatic hydroxyl groups is 2. The molecule has 1 aromatic heterocycles. The fourth-order valence-corrected chi connectivity index (χ4v) is 1.27. The summed E-state index contributed by atoms with van der Waals surface area (Å²) < 4.78 is 0. The van der Waals surface area contributed by atoms with Gasteiger partial charge in [-0.25, -0.2) is 4.98 Å². The third kappa shape index (κ3) is 3.83. The lowest BCUT2D eigenvalue weighted by atomic mass is 10.0. The van der Waals surface area contributed by atoms with Crippen LogP contribution < -0.4 is 5.32 Å². The number of nitrogens with zero attached hydrogens (tertiary/aromatic N) is 2. The molecule has 0 aliphatic carbocycles. The molecular formula is C11H13N3O3. The van der Waals surface area contributed by atoms with Crippen LogP contribution in [0.25, 0.3) is 0 Å². The number of hydrogen-bond donors (Lipinski definition) is 3. The van der Waals surface area contributed by atoms with Crippen LogP contribution in [0.5, 0.6) is 0 Å². The zero-order chi connectivity index (χ0) is 12.8. The van der Waals surface area contributed by atoms with E-state index in [4.69, 9.17) is 5.26 Å². The largest absolute Gasteiger partial charge is 0.388 e. The molecule has 1 rings (SSSR count). The molecule has 2 atom stereocenters. The first-order valence-electron chi connectivity index (χ1n) is 5.01. The van der Waals surface area contributed by atoms with Gasteiger partial charge in [-0.3, -0.25) is 4.79 Å². The molecule has 0 aliphatic rings. The van der Waals surface area contributed by atoms with Gasteiger partial charge in [-0.05, 0) is 17.7 Å². The summed E-state index contributed by atoms with van der Waals surface area (Å²) in [5.41, 5.74) is 0.544. The summed E-state index contributed by atoms with van der Waals surface area (Å²) in [4.78, 5) is 14.4. The molecule has 1 heterocycles. The maximum atomic E-state index is 10.7. The molecule has 0 saturated heterocycles. The highest BCUT2D eigenvalue weighted by Crippen LogP contribution is 2.16. The maximum Gasteiger partial charge on any atom is 0.216 e. The van der Waals surface area contributed by atoms with Crippen molar-refractivity contribution >= 4 is 5.91 Å². The van der Waals surface area contributed by atoms with Crippen LogP contribution in [0.2, 0.25) is 0 Å². The van der Waals surface area contributed by atoms with Crippen molar-refractivity contribution in [1.29, 1.82) is 5.26 Å². The molecule has 1 amide bonds. The molecule has 17 heavy (non-hydrogen) atoms.